The van der Waals surface area contributed by atoms with Crippen molar-refractivity contribution in [2.75, 3.05) is 5.73 Å². The molecule has 0 saturated carbocycles. The van der Waals surface area contributed by atoms with Crippen molar-refractivity contribution >= 4 is 11.4 Å². The van der Waals surface area contributed by atoms with Crippen LogP contribution < -0.4 is 15.3 Å². The van der Waals surface area contributed by atoms with E-state index in [4.69, 9.17) is 10.6 Å². The Bertz CT molecular complexity index is 542. The van der Waals surface area contributed by atoms with Crippen LogP contribution in [0.5, 0.6) is 5.75 Å². The van der Waals surface area contributed by atoms with Gasteiger partial charge in [0, 0.05) is 34.8 Å². The van der Waals surface area contributed by atoms with Crippen LogP contribution in [-0.4, -0.2) is 9.91 Å². The number of nitrogens with two attached hydrogens (primary N) is 1. The molecule has 0 aliphatic rings. The lowest BCUT2D eigenvalue weighted by atomic mass is 10.4. The average Bonchev–Trinajstić information content (AvgIpc) is 2.32. The third kappa shape index (κ3) is 2.46. The highest BCUT2D eigenvalue weighted by Crippen LogP contribution is 2.23. The monoisotopic (exact) mass is 233 g/mol. The van der Waals surface area contributed by atoms with Crippen LogP contribution in [0.25, 0.3) is 0 Å². The fraction of sp³-hybridized carbons (Fsp3) is 0. The molecule has 2 heterocycles. The predicted octanol–water partition coefficient (Wildman–Crippen LogP) is 0.702. The zero-order valence-electron chi connectivity index (χ0n) is 8.69. The molecule has 2 rings (SSSR count). The molecule has 0 fully saturated rings. The number of hydrogen-bond donors (Lipinski definition) is 1. The average molecular weight is 233 g/mol. The summed E-state index contributed by atoms with van der Waals surface area (Å²) in [5.41, 5.74) is 5.89. The van der Waals surface area contributed by atoms with E-state index < -0.39 is 4.92 Å². The van der Waals surface area contributed by atoms with Gasteiger partial charge in [0.05, 0.1) is 4.92 Å². The quantitative estimate of drug-likeness (QED) is 0.478. The topological polar surface area (TPSA) is 95.2 Å². The Balaban J connectivity index is 2.30. The van der Waals surface area contributed by atoms with Gasteiger partial charge in [-0.2, -0.15) is 0 Å². The maximum atomic E-state index is 10.7. The van der Waals surface area contributed by atoms with Gasteiger partial charge in [-0.15, -0.1) is 0 Å². The molecule has 0 aliphatic carbocycles. The molecule has 0 radical (unpaired) electrons. The van der Waals surface area contributed by atoms with E-state index in [-0.39, 0.29) is 11.4 Å². The van der Waals surface area contributed by atoms with Crippen molar-refractivity contribution in [3.63, 3.8) is 0 Å². The first-order chi connectivity index (χ1) is 8.16. The third-order valence-electron chi connectivity index (χ3n) is 1.99. The first-order valence-electron chi connectivity index (χ1n) is 4.70. The summed E-state index contributed by atoms with van der Waals surface area (Å²) in [4.78, 5) is 19.1. The van der Waals surface area contributed by atoms with Crippen molar-refractivity contribution in [2.24, 2.45) is 0 Å². The van der Waals surface area contributed by atoms with Crippen molar-refractivity contribution in [1.82, 2.24) is 4.98 Å². The standard InChI is InChI=1S/C10H8N4O3/c11-8-2-5-13(6-3-8)17-10-1-4-12-7-9(10)14(15)16/h1-7,11H/p+1. The van der Waals surface area contributed by atoms with Crippen molar-refractivity contribution in [1.29, 1.82) is 0 Å². The molecular formula is C10H9N4O3+. The first-order valence-corrected chi connectivity index (χ1v) is 4.70. The molecule has 0 spiro atoms. The molecule has 2 aromatic heterocycles. The molecule has 7 heteroatoms. The molecule has 0 aromatic carbocycles. The molecule has 0 atom stereocenters. The summed E-state index contributed by atoms with van der Waals surface area (Å²) in [7, 11) is 0. The van der Waals surface area contributed by atoms with Crippen LogP contribution in [0.4, 0.5) is 11.4 Å². The van der Waals surface area contributed by atoms with E-state index in [0.29, 0.717) is 5.69 Å². The molecule has 0 saturated heterocycles. The van der Waals surface area contributed by atoms with Gasteiger partial charge in [0.2, 0.25) is 12.4 Å². The molecule has 0 aliphatic heterocycles. The Morgan fingerprint density at radius 2 is 2.06 bits per heavy atom. The van der Waals surface area contributed by atoms with Gasteiger partial charge >= 0.3 is 5.69 Å². The minimum Gasteiger partial charge on any atom is -0.398 e. The van der Waals surface area contributed by atoms with Crippen LogP contribution in [0.15, 0.2) is 43.0 Å². The summed E-state index contributed by atoms with van der Waals surface area (Å²) in [5, 5.41) is 10.7. The van der Waals surface area contributed by atoms with E-state index in [0.717, 1.165) is 6.20 Å². The molecule has 2 aromatic rings. The van der Waals surface area contributed by atoms with Gasteiger partial charge in [0.15, 0.2) is 0 Å². The van der Waals surface area contributed by atoms with Gasteiger partial charge in [0.25, 0.3) is 5.75 Å². The molecule has 17 heavy (non-hydrogen) atoms. The normalized spacial score (nSPS) is 9.88. The zero-order chi connectivity index (χ0) is 12.3. The molecule has 2 N–H and O–H groups in total. The number of aromatic nitrogens is 2. The van der Waals surface area contributed by atoms with Crippen molar-refractivity contribution in [2.45, 2.75) is 0 Å². The van der Waals surface area contributed by atoms with Crippen LogP contribution >= 0.6 is 0 Å². The van der Waals surface area contributed by atoms with E-state index in [1.165, 1.54) is 17.0 Å². The number of pyridine rings is 2. The van der Waals surface area contributed by atoms with Gasteiger partial charge in [-0.1, -0.05) is 0 Å². The highest BCUT2D eigenvalue weighted by atomic mass is 16.7. The second kappa shape index (κ2) is 4.44. The third-order valence-corrected chi connectivity index (χ3v) is 1.99. The van der Waals surface area contributed by atoms with Gasteiger partial charge in [-0.3, -0.25) is 15.1 Å². The molecule has 0 bridgehead atoms. The van der Waals surface area contributed by atoms with E-state index >= 15 is 0 Å². The van der Waals surface area contributed by atoms with E-state index in [1.807, 2.05) is 0 Å². The summed E-state index contributed by atoms with van der Waals surface area (Å²) in [5.74, 6) is 0.111. The minimum atomic E-state index is -0.555. The van der Waals surface area contributed by atoms with E-state index in [9.17, 15) is 10.1 Å². The lowest BCUT2D eigenvalue weighted by molar-refractivity contribution is -0.875. The Morgan fingerprint density at radius 3 is 2.71 bits per heavy atom. The number of nitrogen functional groups attached to an aromatic ring is 1. The fourth-order valence-corrected chi connectivity index (χ4v) is 1.19. The predicted molar refractivity (Wildman–Crippen MR) is 58.0 cm³/mol. The first kappa shape index (κ1) is 10.8. The SMILES string of the molecule is Nc1cc[n+](Oc2ccncc2[N+](=O)[O-])cc1. The Labute approximate surface area is 96.2 Å². The van der Waals surface area contributed by atoms with E-state index in [2.05, 4.69) is 4.98 Å². The highest BCUT2D eigenvalue weighted by molar-refractivity contribution is 5.42. The van der Waals surface area contributed by atoms with Gasteiger partial charge in [-0.25, -0.2) is 4.84 Å². The van der Waals surface area contributed by atoms with Crippen LogP contribution in [-0.2, 0) is 0 Å². The summed E-state index contributed by atoms with van der Waals surface area (Å²) in [6, 6.07) is 4.65. The maximum absolute atomic E-state index is 10.7. The second-order valence-corrected chi connectivity index (χ2v) is 3.18. The van der Waals surface area contributed by atoms with Gasteiger partial charge in [0.1, 0.15) is 6.20 Å². The molecule has 0 unspecified atom stereocenters. The molecular weight excluding hydrogens is 224 g/mol. The number of anilines is 1. The fourth-order valence-electron chi connectivity index (χ4n) is 1.19. The van der Waals surface area contributed by atoms with Crippen molar-refractivity contribution in [3.05, 3.63) is 53.1 Å². The van der Waals surface area contributed by atoms with Crippen LogP contribution in [0.3, 0.4) is 0 Å². The summed E-state index contributed by atoms with van der Waals surface area (Å²) in [6.07, 6.45) is 5.66. The second-order valence-electron chi connectivity index (χ2n) is 3.18. The summed E-state index contributed by atoms with van der Waals surface area (Å²) in [6.45, 7) is 0. The number of hydrogen-bond acceptors (Lipinski definition) is 5. The molecule has 86 valence electrons. The van der Waals surface area contributed by atoms with Crippen LogP contribution in [0.1, 0.15) is 0 Å². The van der Waals surface area contributed by atoms with Crippen molar-refractivity contribution < 1.29 is 14.5 Å². The van der Waals surface area contributed by atoms with Crippen LogP contribution in [0.2, 0.25) is 0 Å². The Morgan fingerprint density at radius 1 is 1.35 bits per heavy atom. The maximum Gasteiger partial charge on any atom is 0.336 e. The summed E-state index contributed by atoms with van der Waals surface area (Å²) < 4.78 is 1.32. The molecule has 0 amide bonds. The number of nitro groups is 1. The highest BCUT2D eigenvalue weighted by Gasteiger charge is 2.18. The van der Waals surface area contributed by atoms with Gasteiger partial charge in [-0.05, 0) is 0 Å². The Kier molecular flexibility index (Phi) is 2.82. The zero-order valence-corrected chi connectivity index (χ0v) is 8.69. The van der Waals surface area contributed by atoms with E-state index in [1.54, 1.807) is 24.5 Å². The van der Waals surface area contributed by atoms with Crippen LogP contribution in [0, 0.1) is 10.1 Å². The lowest BCUT2D eigenvalue weighted by Gasteiger charge is -1.98. The largest absolute Gasteiger partial charge is 0.398 e. The van der Waals surface area contributed by atoms with Gasteiger partial charge < -0.3 is 5.73 Å². The smallest absolute Gasteiger partial charge is 0.336 e. The minimum absolute atomic E-state index is 0.111. The molecule has 7 nitrogen and oxygen atoms in total. The number of nitrogens with zero attached hydrogens (tertiary/aromatic N) is 3. The Hall–Kier alpha value is -2.70. The van der Waals surface area contributed by atoms with Crippen molar-refractivity contribution in [3.8, 4) is 5.75 Å². The summed E-state index contributed by atoms with van der Waals surface area (Å²) >= 11 is 0. The number of rotatable bonds is 3. The lowest BCUT2D eigenvalue weighted by Crippen LogP contribution is -2.38.